The lowest BCUT2D eigenvalue weighted by molar-refractivity contribution is -0.393. The Morgan fingerprint density at radius 1 is 0.385 bits per heavy atom. The number of esters is 2. The van der Waals surface area contributed by atoms with Crippen LogP contribution in [0.2, 0.25) is 0 Å². The van der Waals surface area contributed by atoms with E-state index in [1.807, 2.05) is 60.7 Å². The summed E-state index contributed by atoms with van der Waals surface area (Å²) < 4.78 is 18.1. The van der Waals surface area contributed by atoms with Gasteiger partial charge >= 0.3 is 11.9 Å². The van der Waals surface area contributed by atoms with Crippen molar-refractivity contribution in [3.63, 3.8) is 0 Å². The third-order valence-corrected chi connectivity index (χ3v) is 17.6. The zero-order chi connectivity index (χ0) is 76.6. The molecule has 0 aliphatic heterocycles. The third kappa shape index (κ3) is 21.1. The van der Waals surface area contributed by atoms with Gasteiger partial charge in [-0.1, -0.05) is 198 Å². The quantitative estimate of drug-likeness (QED) is 0.0104. The molecule has 11 rings (SSSR count). The smallest absolute Gasteiger partial charge is 0.338 e. The molecule has 540 valence electrons. The second kappa shape index (κ2) is 37.1. The molecule has 0 spiro atoms. The predicted octanol–water partition coefficient (Wildman–Crippen LogP) is 19.9. The molecule has 0 aromatic heterocycles. The summed E-state index contributed by atoms with van der Waals surface area (Å²) in [6.45, 7) is 10.6. The van der Waals surface area contributed by atoms with Gasteiger partial charge in [-0.15, -0.1) is 0 Å². The van der Waals surface area contributed by atoms with Crippen molar-refractivity contribution in [3.05, 3.63) is 331 Å². The highest BCUT2D eigenvalue weighted by Gasteiger charge is 2.37. The molecular weight excluding hydrogens is 1370 g/mol. The molecule has 1 aliphatic rings. The van der Waals surface area contributed by atoms with E-state index in [0.29, 0.717) is 63.7 Å². The molecule has 0 N–H and O–H groups in total. The number of benzene rings is 10. The first-order chi connectivity index (χ1) is 52.9. The summed E-state index contributed by atoms with van der Waals surface area (Å²) in [5, 5.41) is 47.8. The molecule has 18 heteroatoms. The maximum atomic E-state index is 13.0. The largest absolute Gasteiger partial charge is 0.491 e. The van der Waals surface area contributed by atoms with E-state index in [4.69, 9.17) is 19.0 Å². The molecule has 0 heterocycles. The van der Waals surface area contributed by atoms with E-state index in [-0.39, 0.29) is 52.4 Å². The number of carbonyl (C=O) groups is 2. The molecule has 0 saturated carbocycles. The Hall–Kier alpha value is -14.0. The number of hydrogen-bond donors (Lipinski definition) is 0. The monoisotopic (exact) mass is 1440 g/mol. The van der Waals surface area contributed by atoms with Gasteiger partial charge in [0, 0.05) is 57.1 Å². The predicted molar refractivity (Wildman–Crippen MR) is 420 cm³/mol. The topological polar surface area (TPSA) is 238 Å². The van der Waals surface area contributed by atoms with Crippen LogP contribution in [-0.4, -0.2) is 52.2 Å². The van der Waals surface area contributed by atoms with Crippen LogP contribution in [0, 0.1) is 124 Å². The van der Waals surface area contributed by atoms with Crippen molar-refractivity contribution in [2.24, 2.45) is 15.4 Å². The number of nitrogens with zero attached hydrogens (tertiary/aromatic N) is 6. The Kier molecular flexibility index (Phi) is 25.9. The van der Waals surface area contributed by atoms with E-state index >= 15 is 0 Å². The van der Waals surface area contributed by atoms with E-state index in [9.17, 15) is 39.9 Å². The van der Waals surface area contributed by atoms with Crippen LogP contribution in [0.3, 0.4) is 0 Å². The minimum atomic E-state index is -0.805. The fraction of sp³-hybridized carbons (Fsp3) is 0.198. The number of oxime groups is 1. The average Bonchev–Trinajstić information content (AvgIpc) is 1.68. The first-order valence-corrected chi connectivity index (χ1v) is 35.7. The van der Waals surface area contributed by atoms with Crippen LogP contribution in [-0.2, 0) is 14.4 Å². The Morgan fingerprint density at radius 3 is 1.21 bits per heavy atom. The lowest BCUT2D eigenvalue weighted by Crippen LogP contribution is -2.11. The van der Waals surface area contributed by atoms with Gasteiger partial charge in [0.2, 0.25) is 0 Å². The summed E-state index contributed by atoms with van der Waals surface area (Å²) >= 11 is 0. The van der Waals surface area contributed by atoms with Crippen molar-refractivity contribution < 1.29 is 43.4 Å². The number of azo groups is 1. The summed E-state index contributed by atoms with van der Waals surface area (Å²) in [7, 11) is 0. The van der Waals surface area contributed by atoms with Crippen LogP contribution in [0.25, 0.3) is 11.1 Å². The number of non-ortho nitro benzene ring substituents is 2. The SMILES string of the molecule is Cc1ccc(C#Cc2c(C#Cc3ccc(C)cc3)c(C#Cc3ccc(C)cc3)c(OCCCCCCCCCCCOC(=O)c3ccc(N=Nc4ccc(OC(=O)CCO/N=C5\c6cc([N+](=O)[O-])ccc6-c6c5cc([N+](=O)[O-])cc6[N+](=O)[O-])cc4)cc3)c(C#Cc3ccc(C)cc3)c2C#Cc2ccc(C)cc2)cc1. The molecule has 109 heavy (non-hydrogen) atoms. The van der Waals surface area contributed by atoms with Gasteiger partial charge < -0.3 is 19.0 Å². The number of rotatable bonds is 24. The normalized spacial score (nSPS) is 11.2. The maximum absolute atomic E-state index is 13.0. The highest BCUT2D eigenvalue weighted by molar-refractivity contribution is 6.26. The molecule has 18 nitrogen and oxygen atoms in total. The molecule has 0 radical (unpaired) electrons. The van der Waals surface area contributed by atoms with Crippen molar-refractivity contribution >= 4 is 46.1 Å². The van der Waals surface area contributed by atoms with Gasteiger partial charge in [-0.25, -0.2) is 4.79 Å². The Balaban J connectivity index is 0.668. The van der Waals surface area contributed by atoms with Gasteiger partial charge in [-0.05, 0) is 168 Å². The molecule has 0 atom stereocenters. The number of unbranched alkanes of at least 4 members (excludes halogenated alkanes) is 8. The van der Waals surface area contributed by atoms with E-state index in [1.165, 1.54) is 18.2 Å². The second-order valence-electron chi connectivity index (χ2n) is 26.1. The number of nitro benzene ring substituents is 3. The summed E-state index contributed by atoms with van der Waals surface area (Å²) in [5.41, 5.74) is 12.7. The molecule has 10 aromatic rings. The molecular formula is C91H74N6O12. The number of hydrogen-bond acceptors (Lipinski definition) is 15. The van der Waals surface area contributed by atoms with Gasteiger partial charge in [0.05, 0.1) is 90.8 Å². The lowest BCUT2D eigenvalue weighted by atomic mass is 9.89. The van der Waals surface area contributed by atoms with Crippen LogP contribution in [0.4, 0.5) is 28.4 Å². The number of ether oxygens (including phenoxy) is 3. The van der Waals surface area contributed by atoms with Gasteiger partial charge in [-0.3, -0.25) is 35.1 Å². The molecule has 1 aliphatic carbocycles. The van der Waals surface area contributed by atoms with Crippen molar-refractivity contribution in [2.75, 3.05) is 19.8 Å². The van der Waals surface area contributed by atoms with Gasteiger partial charge in [0.15, 0.2) is 5.75 Å². The molecule has 0 unspecified atom stereocenters. The summed E-state index contributed by atoms with van der Waals surface area (Å²) in [4.78, 5) is 64.2. The number of aryl methyl sites for hydroxylation is 5. The highest BCUT2D eigenvalue weighted by Crippen LogP contribution is 2.46. The maximum Gasteiger partial charge on any atom is 0.338 e. The first kappa shape index (κ1) is 76.1. The fourth-order valence-corrected chi connectivity index (χ4v) is 11.6. The minimum Gasteiger partial charge on any atom is -0.491 e. The third-order valence-electron chi connectivity index (χ3n) is 17.6. The van der Waals surface area contributed by atoms with Crippen LogP contribution in [0.1, 0.15) is 169 Å². The summed E-state index contributed by atoms with van der Waals surface area (Å²) in [6, 6.07) is 58.9. The zero-order valence-corrected chi connectivity index (χ0v) is 60.8. The fourth-order valence-electron chi connectivity index (χ4n) is 11.6. The summed E-state index contributed by atoms with van der Waals surface area (Å²) in [6.07, 6.45) is 8.33. The number of carbonyl (C=O) groups excluding carboxylic acids is 2. The highest BCUT2D eigenvalue weighted by atomic mass is 16.6. The van der Waals surface area contributed by atoms with Crippen molar-refractivity contribution in [3.8, 4) is 81.8 Å². The molecule has 0 bridgehead atoms. The van der Waals surface area contributed by atoms with Crippen molar-refractivity contribution in [1.82, 2.24) is 0 Å². The van der Waals surface area contributed by atoms with Crippen molar-refractivity contribution in [2.45, 2.75) is 98.8 Å². The van der Waals surface area contributed by atoms with Gasteiger partial charge in [-0.2, -0.15) is 10.2 Å². The van der Waals surface area contributed by atoms with Crippen LogP contribution in [0.5, 0.6) is 11.5 Å². The first-order valence-electron chi connectivity index (χ1n) is 35.7. The number of fused-ring (bicyclic) bond motifs is 3. The van der Waals surface area contributed by atoms with E-state index in [0.717, 1.165) is 138 Å². The average molecular weight is 1440 g/mol. The van der Waals surface area contributed by atoms with Crippen LogP contribution in [0.15, 0.2) is 216 Å². The minimum absolute atomic E-state index is 0.0171. The molecule has 10 aromatic carbocycles. The number of nitro groups is 3. The molecule has 0 amide bonds. The van der Waals surface area contributed by atoms with Crippen molar-refractivity contribution in [1.29, 1.82) is 0 Å². The van der Waals surface area contributed by atoms with Crippen LogP contribution >= 0.6 is 0 Å². The van der Waals surface area contributed by atoms with E-state index in [1.54, 1.807) is 36.4 Å². The molecule has 0 saturated heterocycles. The van der Waals surface area contributed by atoms with Gasteiger partial charge in [0.25, 0.3) is 17.1 Å². The zero-order valence-electron chi connectivity index (χ0n) is 60.8. The second-order valence-corrected chi connectivity index (χ2v) is 26.1. The Labute approximate surface area is 632 Å². The van der Waals surface area contributed by atoms with Crippen LogP contribution < -0.4 is 9.47 Å². The van der Waals surface area contributed by atoms with Gasteiger partial charge in [0.1, 0.15) is 18.1 Å². The van der Waals surface area contributed by atoms with E-state index < -0.39 is 38.1 Å². The molecule has 0 fully saturated rings. The summed E-state index contributed by atoms with van der Waals surface area (Å²) in [5.74, 6) is 34.8. The Bertz CT molecular complexity index is 5330. The van der Waals surface area contributed by atoms with E-state index in [2.05, 4.69) is 170 Å². The Morgan fingerprint density at radius 2 is 0.780 bits per heavy atom. The lowest BCUT2D eigenvalue weighted by Gasteiger charge is -2.17. The standard InChI is InChI=1S/C91H74N6O12/c1-62-15-25-67(26-16-62)35-49-78-79(50-36-68-27-17-63(2)18-28-68)82(52-38-70-31-21-65(4)22-32-70)90(83(53-39-71-33-23-66(5)24-34-71)80(78)51-37-69-29-19-64(3)20-30-69)106-56-13-11-9-7-6-8-10-12-14-57-107-91(99)72-40-42-73(43-41-72)92-93-74-44-47-77(48-45-74)109-87(98)55-58-108-94-89-84-59-75(95(100)101)46-54-81(84)88-85(89)60-76(96(102)103)61-86(88)97(104)105/h15-34,40-48,54,59-61H,6-14,55-58H2,1-5H3/b93-92?,94-89+.